The summed E-state index contributed by atoms with van der Waals surface area (Å²) >= 11 is 0. The number of likely N-dealkylation sites (N-methyl/N-ethyl adjacent to an activating group) is 1. The molecule has 60 valence electrons. The molecule has 1 aliphatic rings. The molecule has 2 heteroatoms. The summed E-state index contributed by atoms with van der Waals surface area (Å²) in [5, 5.41) is 0. The third-order valence-corrected chi connectivity index (χ3v) is 1.73. The maximum atomic E-state index is 10.2. The van der Waals surface area contributed by atoms with Crippen molar-refractivity contribution in [1.82, 2.24) is 4.90 Å². The molecule has 1 atom stereocenters. The fraction of sp³-hybridized carbons (Fsp3) is 0.875. The van der Waals surface area contributed by atoms with Crippen molar-refractivity contribution in [3.8, 4) is 0 Å². The third kappa shape index (κ3) is 2.48. The van der Waals surface area contributed by atoms with Crippen LogP contribution < -0.4 is 0 Å². The van der Waals surface area contributed by atoms with Crippen molar-refractivity contribution in [3.63, 3.8) is 0 Å². The van der Waals surface area contributed by atoms with Crippen molar-refractivity contribution in [2.45, 2.75) is 32.7 Å². The summed E-state index contributed by atoms with van der Waals surface area (Å²) in [5.41, 5.74) is 0. The summed E-state index contributed by atoms with van der Waals surface area (Å²) in [6, 6.07) is 0.218. The number of rotatable bonds is 1. The molecule has 10 heavy (non-hydrogen) atoms. The van der Waals surface area contributed by atoms with Crippen LogP contribution in [-0.2, 0) is 4.79 Å². The van der Waals surface area contributed by atoms with Crippen molar-refractivity contribution < 1.29 is 4.79 Å². The Balaban J connectivity index is 0.000000371. The first-order valence-electron chi connectivity index (χ1n) is 4.00. The van der Waals surface area contributed by atoms with Crippen LogP contribution in [-0.4, -0.2) is 30.8 Å². The van der Waals surface area contributed by atoms with Crippen LogP contribution in [0.3, 0.4) is 0 Å². The van der Waals surface area contributed by atoms with Gasteiger partial charge in [0.05, 0.1) is 6.04 Å². The van der Waals surface area contributed by atoms with E-state index in [1.165, 1.54) is 6.42 Å². The molecule has 0 N–H and O–H groups in total. The molecule has 1 saturated heterocycles. The first kappa shape index (κ1) is 9.63. The molecule has 0 aromatic heterocycles. The van der Waals surface area contributed by atoms with Crippen LogP contribution in [0.25, 0.3) is 0 Å². The highest BCUT2D eigenvalue weighted by atomic mass is 16.1. The van der Waals surface area contributed by atoms with Crippen LogP contribution in [0.4, 0.5) is 0 Å². The smallest absolute Gasteiger partial charge is 0.137 e. The molecule has 0 bridgehead atoms. The lowest BCUT2D eigenvalue weighted by atomic mass is 10.2. The number of aldehydes is 1. The van der Waals surface area contributed by atoms with Crippen molar-refractivity contribution in [1.29, 1.82) is 0 Å². The third-order valence-electron chi connectivity index (χ3n) is 1.73. The highest BCUT2D eigenvalue weighted by Crippen LogP contribution is 2.11. The summed E-state index contributed by atoms with van der Waals surface area (Å²) in [6.07, 6.45) is 3.27. The topological polar surface area (TPSA) is 20.3 Å². The summed E-state index contributed by atoms with van der Waals surface area (Å²) in [6.45, 7) is 5.09. The van der Waals surface area contributed by atoms with Gasteiger partial charge in [-0.15, -0.1) is 0 Å². The van der Waals surface area contributed by atoms with Crippen LogP contribution in [0.2, 0.25) is 0 Å². The lowest BCUT2D eigenvalue weighted by Gasteiger charge is -2.10. The van der Waals surface area contributed by atoms with E-state index in [2.05, 4.69) is 4.90 Å². The Bertz CT molecular complexity index is 93.3. The fourth-order valence-electron chi connectivity index (χ4n) is 1.11. The first-order chi connectivity index (χ1) is 4.84. The van der Waals surface area contributed by atoms with E-state index in [9.17, 15) is 4.79 Å². The second-order valence-corrected chi connectivity index (χ2v) is 2.33. The minimum absolute atomic E-state index is 0.218. The summed E-state index contributed by atoms with van der Waals surface area (Å²) in [4.78, 5) is 12.3. The molecule has 2 nitrogen and oxygen atoms in total. The van der Waals surface area contributed by atoms with Crippen molar-refractivity contribution in [3.05, 3.63) is 0 Å². The highest BCUT2D eigenvalue weighted by Gasteiger charge is 2.18. The zero-order valence-electron chi connectivity index (χ0n) is 7.13. The Labute approximate surface area is 63.2 Å². The van der Waals surface area contributed by atoms with Gasteiger partial charge in [-0.3, -0.25) is 4.90 Å². The SMILES string of the molecule is CC.CN1CCC[C@H]1C=O. The van der Waals surface area contributed by atoms with Gasteiger partial charge in [0.2, 0.25) is 0 Å². The van der Waals surface area contributed by atoms with E-state index in [4.69, 9.17) is 0 Å². The lowest BCUT2D eigenvalue weighted by molar-refractivity contribution is -0.111. The van der Waals surface area contributed by atoms with Crippen LogP contribution in [0.1, 0.15) is 26.7 Å². The molecule has 0 aliphatic carbocycles. The Morgan fingerprint density at radius 3 is 2.30 bits per heavy atom. The molecule has 1 aliphatic heterocycles. The highest BCUT2D eigenvalue weighted by molar-refractivity contribution is 5.57. The molecule has 1 heterocycles. The number of likely N-dealkylation sites (tertiary alicyclic amines) is 1. The Hall–Kier alpha value is -0.370. The van der Waals surface area contributed by atoms with E-state index < -0.39 is 0 Å². The molecule has 0 radical (unpaired) electrons. The maximum absolute atomic E-state index is 10.2. The zero-order chi connectivity index (χ0) is 7.98. The first-order valence-corrected chi connectivity index (χ1v) is 4.00. The fourth-order valence-corrected chi connectivity index (χ4v) is 1.11. The predicted molar refractivity (Wildman–Crippen MR) is 43.1 cm³/mol. The quantitative estimate of drug-likeness (QED) is 0.516. The summed E-state index contributed by atoms with van der Waals surface area (Å²) < 4.78 is 0. The molecular formula is C8H17NO. The van der Waals surface area contributed by atoms with Gasteiger partial charge in [-0.25, -0.2) is 0 Å². The van der Waals surface area contributed by atoms with E-state index in [-0.39, 0.29) is 6.04 Å². The van der Waals surface area contributed by atoms with Gasteiger partial charge >= 0.3 is 0 Å². The average molecular weight is 143 g/mol. The number of nitrogens with zero attached hydrogens (tertiary/aromatic N) is 1. The monoisotopic (exact) mass is 143 g/mol. The Morgan fingerprint density at radius 2 is 2.10 bits per heavy atom. The van der Waals surface area contributed by atoms with Gasteiger partial charge < -0.3 is 4.79 Å². The lowest BCUT2D eigenvalue weighted by Crippen LogP contribution is -2.25. The van der Waals surface area contributed by atoms with Crippen LogP contribution in [0.15, 0.2) is 0 Å². The van der Waals surface area contributed by atoms with Gasteiger partial charge in [0.25, 0.3) is 0 Å². The summed E-state index contributed by atoms with van der Waals surface area (Å²) in [5.74, 6) is 0. The zero-order valence-corrected chi connectivity index (χ0v) is 7.13. The minimum Gasteiger partial charge on any atom is -0.302 e. The van der Waals surface area contributed by atoms with Crippen LogP contribution >= 0.6 is 0 Å². The van der Waals surface area contributed by atoms with Gasteiger partial charge in [0, 0.05) is 0 Å². The Morgan fingerprint density at radius 1 is 1.50 bits per heavy atom. The van der Waals surface area contributed by atoms with E-state index in [0.29, 0.717) is 0 Å². The van der Waals surface area contributed by atoms with Crippen molar-refractivity contribution in [2.24, 2.45) is 0 Å². The molecule has 0 aromatic rings. The van der Waals surface area contributed by atoms with Gasteiger partial charge in [-0.1, -0.05) is 13.8 Å². The molecule has 1 rings (SSSR count). The molecule has 0 spiro atoms. The second-order valence-electron chi connectivity index (χ2n) is 2.33. The Kier molecular flexibility index (Phi) is 5.22. The van der Waals surface area contributed by atoms with E-state index in [0.717, 1.165) is 19.3 Å². The van der Waals surface area contributed by atoms with Crippen LogP contribution in [0.5, 0.6) is 0 Å². The largest absolute Gasteiger partial charge is 0.302 e. The normalized spacial score (nSPS) is 25.3. The summed E-state index contributed by atoms with van der Waals surface area (Å²) in [7, 11) is 1.99. The standard InChI is InChI=1S/C6H11NO.C2H6/c1-7-4-2-3-6(7)5-8;1-2/h5-6H,2-4H2,1H3;1-2H3/t6-;/m0./s1. The molecular weight excluding hydrogens is 126 g/mol. The van der Waals surface area contributed by atoms with Crippen LogP contribution in [0, 0.1) is 0 Å². The van der Waals surface area contributed by atoms with Gasteiger partial charge in [-0.05, 0) is 26.4 Å². The molecule has 0 amide bonds. The average Bonchev–Trinajstić information content (AvgIpc) is 2.39. The van der Waals surface area contributed by atoms with Gasteiger partial charge in [-0.2, -0.15) is 0 Å². The number of carbonyl (C=O) groups excluding carboxylic acids is 1. The van der Waals surface area contributed by atoms with E-state index >= 15 is 0 Å². The van der Waals surface area contributed by atoms with Gasteiger partial charge in [0.15, 0.2) is 0 Å². The van der Waals surface area contributed by atoms with Crippen molar-refractivity contribution >= 4 is 6.29 Å². The number of carbonyl (C=O) groups is 1. The minimum atomic E-state index is 0.218. The number of hydrogen-bond acceptors (Lipinski definition) is 2. The van der Waals surface area contributed by atoms with Gasteiger partial charge in [0.1, 0.15) is 6.29 Å². The second kappa shape index (κ2) is 5.42. The number of hydrogen-bond donors (Lipinski definition) is 0. The van der Waals surface area contributed by atoms with Crippen molar-refractivity contribution in [2.75, 3.05) is 13.6 Å². The molecule has 0 unspecified atom stereocenters. The predicted octanol–water partition coefficient (Wildman–Crippen LogP) is 1.31. The van der Waals surface area contributed by atoms with E-state index in [1.54, 1.807) is 0 Å². The molecule has 0 saturated carbocycles. The molecule has 1 fully saturated rings. The molecule has 0 aromatic carbocycles. The maximum Gasteiger partial charge on any atom is 0.137 e. The van der Waals surface area contributed by atoms with E-state index in [1.807, 2.05) is 20.9 Å².